The average Bonchev–Trinajstić information content (AvgIpc) is 3.15. The number of benzene rings is 2. The van der Waals surface area contributed by atoms with E-state index >= 15 is 0 Å². The molecule has 0 radical (unpaired) electrons. The number of hydrogen-bond donors (Lipinski definition) is 1. The van der Waals surface area contributed by atoms with Crippen LogP contribution in [-0.2, 0) is 17.6 Å². The number of methoxy groups -OCH3 is 2. The van der Waals surface area contributed by atoms with Gasteiger partial charge in [0.15, 0.2) is 11.5 Å². The zero-order valence-corrected chi connectivity index (χ0v) is 17.9. The normalized spacial score (nSPS) is 13.7. The number of aromatic nitrogens is 1. The molecule has 2 aromatic carbocycles. The van der Waals surface area contributed by atoms with Crippen molar-refractivity contribution >= 4 is 22.5 Å². The summed E-state index contributed by atoms with van der Waals surface area (Å²) in [5.74, 6) is 1.94. The largest absolute Gasteiger partial charge is 0.493 e. The van der Waals surface area contributed by atoms with Gasteiger partial charge in [0.2, 0.25) is 5.91 Å². The van der Waals surface area contributed by atoms with E-state index in [4.69, 9.17) is 24.9 Å². The van der Waals surface area contributed by atoms with Gasteiger partial charge in [0.05, 0.1) is 31.1 Å². The Hall–Kier alpha value is -3.32. The number of amides is 1. The molecule has 2 heterocycles. The molecule has 0 saturated heterocycles. The van der Waals surface area contributed by atoms with E-state index in [0.29, 0.717) is 31.2 Å². The van der Waals surface area contributed by atoms with E-state index in [0.717, 1.165) is 46.4 Å². The third-order valence-electron chi connectivity index (χ3n) is 6.13. The highest BCUT2D eigenvalue weighted by molar-refractivity contribution is 6.09. The van der Waals surface area contributed by atoms with Crippen molar-refractivity contribution in [1.29, 1.82) is 0 Å². The van der Waals surface area contributed by atoms with Gasteiger partial charge in [0.25, 0.3) is 0 Å². The minimum absolute atomic E-state index is 0.0241. The first-order chi connectivity index (χ1) is 15.1. The Morgan fingerprint density at radius 3 is 2.74 bits per heavy atom. The SMILES string of the molecule is COc1cc2nc3c(c4c2c(c1OC)N(C(C)=O)CC4)Cc1cc(OCCN)ccc1-3. The number of pyridine rings is 1. The molecule has 3 aromatic rings. The maximum Gasteiger partial charge on any atom is 0.223 e. The van der Waals surface area contributed by atoms with Crippen molar-refractivity contribution in [3.05, 3.63) is 41.0 Å². The first kappa shape index (κ1) is 19.6. The maximum absolute atomic E-state index is 12.4. The molecule has 1 amide bonds. The van der Waals surface area contributed by atoms with Crippen LogP contribution in [0.5, 0.6) is 17.2 Å². The lowest BCUT2D eigenvalue weighted by molar-refractivity contribution is -0.116. The first-order valence-electron chi connectivity index (χ1n) is 10.4. The lowest BCUT2D eigenvalue weighted by atomic mass is 9.92. The molecule has 7 heteroatoms. The summed E-state index contributed by atoms with van der Waals surface area (Å²) in [5.41, 5.74) is 12.9. The first-order valence-corrected chi connectivity index (χ1v) is 10.4. The smallest absolute Gasteiger partial charge is 0.223 e. The Bertz CT molecular complexity index is 1220. The second-order valence-corrected chi connectivity index (χ2v) is 7.83. The van der Waals surface area contributed by atoms with Crippen LogP contribution in [0.3, 0.4) is 0 Å². The third kappa shape index (κ3) is 2.91. The van der Waals surface area contributed by atoms with Crippen LogP contribution in [-0.4, -0.2) is 44.8 Å². The molecule has 31 heavy (non-hydrogen) atoms. The van der Waals surface area contributed by atoms with E-state index in [1.807, 2.05) is 12.1 Å². The molecule has 1 aliphatic heterocycles. The zero-order chi connectivity index (χ0) is 21.7. The Kier molecular flexibility index (Phi) is 4.70. The summed E-state index contributed by atoms with van der Waals surface area (Å²) in [6.45, 7) is 3.14. The van der Waals surface area contributed by atoms with E-state index < -0.39 is 0 Å². The standard InChI is InChI=1S/C24H25N3O4/c1-13(28)27-8-6-17-18-11-14-10-15(31-9-7-25)4-5-16(14)22(18)26-19-12-20(29-2)24(30-3)23(27)21(17)19/h4-5,10,12H,6-9,11,25H2,1-3H3. The minimum atomic E-state index is -0.0241. The van der Waals surface area contributed by atoms with Gasteiger partial charge in [-0.2, -0.15) is 0 Å². The van der Waals surface area contributed by atoms with Crippen molar-refractivity contribution in [2.75, 3.05) is 38.8 Å². The van der Waals surface area contributed by atoms with Gasteiger partial charge in [0.1, 0.15) is 12.4 Å². The minimum Gasteiger partial charge on any atom is -0.493 e. The van der Waals surface area contributed by atoms with Gasteiger partial charge in [-0.3, -0.25) is 4.79 Å². The van der Waals surface area contributed by atoms with E-state index in [2.05, 4.69) is 12.1 Å². The zero-order valence-electron chi connectivity index (χ0n) is 17.9. The van der Waals surface area contributed by atoms with Crippen LogP contribution in [0, 0.1) is 0 Å². The summed E-state index contributed by atoms with van der Waals surface area (Å²) >= 11 is 0. The number of carbonyl (C=O) groups excluding carboxylic acids is 1. The number of hydrogen-bond acceptors (Lipinski definition) is 6. The van der Waals surface area contributed by atoms with Gasteiger partial charge in [-0.05, 0) is 41.3 Å². The average molecular weight is 419 g/mol. The Labute approximate surface area is 180 Å². The highest BCUT2D eigenvalue weighted by atomic mass is 16.5. The lowest BCUT2D eigenvalue weighted by Crippen LogP contribution is -2.34. The van der Waals surface area contributed by atoms with Gasteiger partial charge >= 0.3 is 0 Å². The second-order valence-electron chi connectivity index (χ2n) is 7.83. The Balaban J connectivity index is 1.75. The highest BCUT2D eigenvalue weighted by Gasteiger charge is 2.33. The molecular weight excluding hydrogens is 394 g/mol. The van der Waals surface area contributed by atoms with Crippen molar-refractivity contribution in [3.8, 4) is 28.5 Å². The second kappa shape index (κ2) is 7.42. The molecule has 7 nitrogen and oxygen atoms in total. The summed E-state index contributed by atoms with van der Waals surface area (Å²) in [6.07, 6.45) is 1.56. The fourth-order valence-electron chi connectivity index (χ4n) is 4.83. The molecule has 0 unspecified atom stereocenters. The van der Waals surface area contributed by atoms with Crippen LogP contribution < -0.4 is 24.8 Å². The summed E-state index contributed by atoms with van der Waals surface area (Å²) in [7, 11) is 3.20. The molecule has 2 N–H and O–H groups in total. The van der Waals surface area contributed by atoms with Crippen LogP contribution >= 0.6 is 0 Å². The highest BCUT2D eigenvalue weighted by Crippen LogP contribution is 2.50. The summed E-state index contributed by atoms with van der Waals surface area (Å²) in [5, 5.41) is 0.977. The van der Waals surface area contributed by atoms with Crippen LogP contribution in [0.25, 0.3) is 22.2 Å². The molecule has 0 saturated carbocycles. The lowest BCUT2D eigenvalue weighted by Gasteiger charge is -2.31. The van der Waals surface area contributed by atoms with Crippen LogP contribution in [0.2, 0.25) is 0 Å². The predicted molar refractivity (Wildman–Crippen MR) is 119 cm³/mol. The van der Waals surface area contributed by atoms with E-state index in [1.54, 1.807) is 26.0 Å². The number of ether oxygens (including phenoxy) is 3. The predicted octanol–water partition coefficient (Wildman–Crippen LogP) is 3.07. The maximum atomic E-state index is 12.4. The molecule has 0 fully saturated rings. The van der Waals surface area contributed by atoms with Crippen molar-refractivity contribution in [3.63, 3.8) is 0 Å². The Morgan fingerprint density at radius 1 is 1.19 bits per heavy atom. The summed E-state index contributed by atoms with van der Waals surface area (Å²) in [4.78, 5) is 19.2. The van der Waals surface area contributed by atoms with Gasteiger partial charge in [0, 0.05) is 43.5 Å². The van der Waals surface area contributed by atoms with Gasteiger partial charge in [-0.25, -0.2) is 4.98 Å². The van der Waals surface area contributed by atoms with E-state index in [1.165, 1.54) is 16.7 Å². The molecule has 0 bridgehead atoms. The molecule has 2 aliphatic rings. The fraction of sp³-hybridized carbons (Fsp3) is 0.333. The monoisotopic (exact) mass is 419 g/mol. The van der Waals surface area contributed by atoms with E-state index in [9.17, 15) is 4.79 Å². The van der Waals surface area contributed by atoms with Crippen LogP contribution in [0.4, 0.5) is 5.69 Å². The van der Waals surface area contributed by atoms with E-state index in [-0.39, 0.29) is 5.91 Å². The van der Waals surface area contributed by atoms with Crippen molar-refractivity contribution in [2.45, 2.75) is 19.8 Å². The molecular formula is C24H25N3O4. The quantitative estimate of drug-likeness (QED) is 0.535. The van der Waals surface area contributed by atoms with Crippen molar-refractivity contribution in [1.82, 2.24) is 4.98 Å². The molecule has 5 rings (SSSR count). The van der Waals surface area contributed by atoms with Crippen molar-refractivity contribution in [2.24, 2.45) is 5.73 Å². The van der Waals surface area contributed by atoms with Crippen LogP contribution in [0.15, 0.2) is 24.3 Å². The van der Waals surface area contributed by atoms with Gasteiger partial charge in [-0.1, -0.05) is 0 Å². The number of fused-ring (bicyclic) bond motifs is 4. The van der Waals surface area contributed by atoms with Gasteiger partial charge < -0.3 is 24.8 Å². The molecule has 1 aromatic heterocycles. The topological polar surface area (TPSA) is 86.9 Å². The summed E-state index contributed by atoms with van der Waals surface area (Å²) in [6, 6.07) is 8.03. The van der Waals surface area contributed by atoms with Crippen LogP contribution in [0.1, 0.15) is 23.6 Å². The fourth-order valence-corrected chi connectivity index (χ4v) is 4.83. The molecule has 0 spiro atoms. The number of carbonyl (C=O) groups is 1. The third-order valence-corrected chi connectivity index (χ3v) is 6.13. The summed E-state index contributed by atoms with van der Waals surface area (Å²) < 4.78 is 17.0. The number of anilines is 1. The number of rotatable bonds is 5. The number of nitrogens with zero attached hydrogens (tertiary/aromatic N) is 2. The number of nitrogens with two attached hydrogens (primary N) is 1. The van der Waals surface area contributed by atoms with Gasteiger partial charge in [-0.15, -0.1) is 0 Å². The Morgan fingerprint density at radius 2 is 2.03 bits per heavy atom. The molecule has 160 valence electrons. The van der Waals surface area contributed by atoms with Crippen molar-refractivity contribution < 1.29 is 19.0 Å². The molecule has 0 atom stereocenters. The molecule has 1 aliphatic carbocycles.